The number of nitrogens with zero attached hydrogens (tertiary/aromatic N) is 5. The van der Waals surface area contributed by atoms with Gasteiger partial charge in [-0.25, -0.2) is 14.6 Å². The van der Waals surface area contributed by atoms with Crippen LogP contribution in [0.1, 0.15) is 6.04 Å². The Morgan fingerprint density at radius 1 is 0.963 bits per heavy atom. The van der Waals surface area contributed by atoms with Gasteiger partial charge >= 0.3 is 0 Å². The second kappa shape index (κ2) is 6.52. The zero-order chi connectivity index (χ0) is 18.2. The molecule has 2 radical (unpaired) electrons. The first kappa shape index (κ1) is 16.0. The Balaban J connectivity index is 1.48. The van der Waals surface area contributed by atoms with E-state index in [0.29, 0.717) is 0 Å². The number of para-hydroxylation sites is 1. The lowest BCUT2D eigenvalue weighted by atomic mass is 10.0. The van der Waals surface area contributed by atoms with E-state index in [0.717, 1.165) is 46.9 Å². The summed E-state index contributed by atoms with van der Waals surface area (Å²) in [7, 11) is 5.79. The first-order valence-electron chi connectivity index (χ1n) is 8.79. The van der Waals surface area contributed by atoms with Crippen molar-refractivity contribution < 1.29 is 4.74 Å². The highest BCUT2D eigenvalue weighted by Crippen LogP contribution is 2.32. The first-order valence-corrected chi connectivity index (χ1v) is 8.79. The number of hydrogen-bond acceptors (Lipinski definition) is 5. The number of fused-ring (bicyclic) bond motifs is 1. The molecule has 1 aliphatic rings. The minimum Gasteiger partial charge on any atom is -0.457 e. The van der Waals surface area contributed by atoms with Gasteiger partial charge in [0.25, 0.3) is 0 Å². The summed E-state index contributed by atoms with van der Waals surface area (Å²) in [5.41, 5.74) is 2.70. The monoisotopic (exact) mass is 353 g/mol. The molecule has 0 N–H and O–H groups in total. The molecule has 0 atom stereocenters. The number of rotatable bonds is 4. The maximum absolute atomic E-state index is 5.87. The number of aromatic nitrogens is 4. The van der Waals surface area contributed by atoms with E-state index in [1.165, 1.54) is 0 Å². The van der Waals surface area contributed by atoms with E-state index in [9.17, 15) is 0 Å². The lowest BCUT2D eigenvalue weighted by molar-refractivity contribution is 0.202. The summed E-state index contributed by atoms with van der Waals surface area (Å²) in [4.78, 5) is 10.4. The van der Waals surface area contributed by atoms with E-state index in [-0.39, 0.29) is 6.04 Å². The molecule has 1 fully saturated rings. The fraction of sp³-hybridized carbons (Fsp3) is 0.150. The molecule has 2 aromatic heterocycles. The average Bonchev–Trinajstić information content (AvgIpc) is 3.06. The summed E-state index contributed by atoms with van der Waals surface area (Å²) in [5.74, 6) is 1.59. The minimum absolute atomic E-state index is 0.238. The molecule has 1 saturated heterocycles. The van der Waals surface area contributed by atoms with Gasteiger partial charge < -0.3 is 9.55 Å². The van der Waals surface area contributed by atoms with E-state index in [1.807, 2.05) is 65.5 Å². The summed E-state index contributed by atoms with van der Waals surface area (Å²) in [5, 5.41) is 5.76. The van der Waals surface area contributed by atoms with Crippen molar-refractivity contribution in [3.05, 3.63) is 67.1 Å². The number of ether oxygens (including phenoxy) is 1. The van der Waals surface area contributed by atoms with Crippen LogP contribution in [0.15, 0.2) is 67.1 Å². The molecule has 0 saturated carbocycles. The van der Waals surface area contributed by atoms with Crippen molar-refractivity contribution in [2.75, 3.05) is 13.1 Å². The standard InChI is InChI=1S/C20H16BN5O/c21-25-11-15(12-25)26-20-18(10-22-13-23-20)19(24-26)14-6-8-17(9-7-14)27-16-4-2-1-3-5-16/h1-10,13,15H,11-12H2. The Hall–Kier alpha value is -3.19. The lowest BCUT2D eigenvalue weighted by Crippen LogP contribution is -2.46. The maximum Gasteiger partial charge on any atom is 0.182 e. The van der Waals surface area contributed by atoms with Crippen LogP contribution in [0.25, 0.3) is 22.3 Å². The fourth-order valence-corrected chi connectivity index (χ4v) is 3.30. The van der Waals surface area contributed by atoms with Gasteiger partial charge in [0.1, 0.15) is 23.5 Å². The molecule has 1 aliphatic heterocycles. The maximum atomic E-state index is 5.87. The van der Waals surface area contributed by atoms with Crippen LogP contribution in [-0.2, 0) is 0 Å². The molecule has 0 bridgehead atoms. The molecule has 0 aliphatic carbocycles. The molecule has 0 amide bonds. The predicted molar refractivity (Wildman–Crippen MR) is 104 cm³/mol. The van der Waals surface area contributed by atoms with Crippen LogP contribution in [0.2, 0.25) is 0 Å². The molecule has 4 aromatic rings. The van der Waals surface area contributed by atoms with Crippen LogP contribution in [0.5, 0.6) is 11.5 Å². The van der Waals surface area contributed by atoms with Gasteiger partial charge in [0, 0.05) is 24.8 Å². The summed E-state index contributed by atoms with van der Waals surface area (Å²) < 4.78 is 7.83. The van der Waals surface area contributed by atoms with Crippen molar-refractivity contribution >= 4 is 19.0 Å². The lowest BCUT2D eigenvalue weighted by Gasteiger charge is -2.36. The Morgan fingerprint density at radius 2 is 1.70 bits per heavy atom. The molecule has 3 heterocycles. The molecule has 6 nitrogen and oxygen atoms in total. The van der Waals surface area contributed by atoms with Crippen molar-refractivity contribution in [2.45, 2.75) is 6.04 Å². The topological polar surface area (TPSA) is 56.1 Å². The highest BCUT2D eigenvalue weighted by atomic mass is 16.5. The van der Waals surface area contributed by atoms with E-state index in [4.69, 9.17) is 17.8 Å². The molecule has 130 valence electrons. The predicted octanol–water partition coefficient (Wildman–Crippen LogP) is 3.23. The zero-order valence-corrected chi connectivity index (χ0v) is 14.6. The van der Waals surface area contributed by atoms with Crippen LogP contribution in [0.3, 0.4) is 0 Å². The van der Waals surface area contributed by atoms with Crippen LogP contribution < -0.4 is 4.74 Å². The second-order valence-electron chi connectivity index (χ2n) is 6.60. The van der Waals surface area contributed by atoms with Crippen molar-refractivity contribution in [3.63, 3.8) is 0 Å². The molecular formula is C20H16BN5O. The van der Waals surface area contributed by atoms with Gasteiger partial charge in [0.15, 0.2) is 13.6 Å². The zero-order valence-electron chi connectivity index (χ0n) is 14.6. The quantitative estimate of drug-likeness (QED) is 0.528. The second-order valence-corrected chi connectivity index (χ2v) is 6.60. The van der Waals surface area contributed by atoms with Crippen molar-refractivity contribution in [1.82, 2.24) is 24.6 Å². The smallest absolute Gasteiger partial charge is 0.182 e. The summed E-state index contributed by atoms with van der Waals surface area (Å²) in [6.45, 7) is 1.54. The van der Waals surface area contributed by atoms with Crippen LogP contribution in [0.4, 0.5) is 0 Å². The van der Waals surface area contributed by atoms with Crippen LogP contribution >= 0.6 is 0 Å². The molecule has 5 rings (SSSR count). The van der Waals surface area contributed by atoms with Gasteiger partial charge in [-0.15, -0.1) is 0 Å². The summed E-state index contributed by atoms with van der Waals surface area (Å²) in [6, 6.07) is 17.9. The third-order valence-corrected chi connectivity index (χ3v) is 4.71. The van der Waals surface area contributed by atoms with Gasteiger partial charge in [-0.2, -0.15) is 5.10 Å². The van der Waals surface area contributed by atoms with E-state index >= 15 is 0 Å². The third-order valence-electron chi connectivity index (χ3n) is 4.71. The molecule has 0 spiro atoms. The van der Waals surface area contributed by atoms with Crippen molar-refractivity contribution in [3.8, 4) is 22.8 Å². The van der Waals surface area contributed by atoms with Gasteiger partial charge in [-0.3, -0.25) is 0 Å². The van der Waals surface area contributed by atoms with Crippen molar-refractivity contribution in [2.24, 2.45) is 0 Å². The largest absolute Gasteiger partial charge is 0.457 e. The SMILES string of the molecule is [B]N1CC(n2nc(-c3ccc(Oc4ccccc4)cc3)c3cncnc32)C1. The molecular weight excluding hydrogens is 337 g/mol. The molecule has 0 unspecified atom stereocenters. The van der Waals surface area contributed by atoms with Gasteiger partial charge in [0.2, 0.25) is 0 Å². The third kappa shape index (κ3) is 2.96. The van der Waals surface area contributed by atoms with Crippen molar-refractivity contribution in [1.29, 1.82) is 0 Å². The number of benzene rings is 2. The first-order chi connectivity index (χ1) is 13.3. The van der Waals surface area contributed by atoms with E-state index < -0.39 is 0 Å². The Morgan fingerprint density at radius 3 is 2.44 bits per heavy atom. The Kier molecular flexibility index (Phi) is 3.87. The Labute approximate surface area is 157 Å². The van der Waals surface area contributed by atoms with Gasteiger partial charge in [0.05, 0.1) is 11.4 Å². The molecule has 2 aromatic carbocycles. The van der Waals surface area contributed by atoms with Crippen LogP contribution in [0, 0.1) is 0 Å². The minimum atomic E-state index is 0.238. The fourth-order valence-electron chi connectivity index (χ4n) is 3.30. The van der Waals surface area contributed by atoms with Crippen LogP contribution in [-0.4, -0.2) is 45.6 Å². The molecule has 7 heteroatoms. The van der Waals surface area contributed by atoms with E-state index in [2.05, 4.69) is 9.97 Å². The average molecular weight is 353 g/mol. The van der Waals surface area contributed by atoms with Gasteiger partial charge in [-0.05, 0) is 36.4 Å². The molecule has 27 heavy (non-hydrogen) atoms. The summed E-state index contributed by atoms with van der Waals surface area (Å²) >= 11 is 0. The Bertz CT molecular complexity index is 1070. The normalized spacial score (nSPS) is 15.0. The summed E-state index contributed by atoms with van der Waals surface area (Å²) in [6.07, 6.45) is 3.37. The number of hydrogen-bond donors (Lipinski definition) is 0. The van der Waals surface area contributed by atoms with E-state index in [1.54, 1.807) is 11.1 Å². The van der Waals surface area contributed by atoms with Gasteiger partial charge in [-0.1, -0.05) is 18.2 Å². The highest BCUT2D eigenvalue weighted by Gasteiger charge is 2.28. The highest BCUT2D eigenvalue weighted by molar-refractivity contribution is 6.05.